The molecule has 2 nitrogen and oxygen atoms in total. The first kappa shape index (κ1) is 17.1. The fourth-order valence-electron chi connectivity index (χ4n) is 2.34. The zero-order valence-corrected chi connectivity index (χ0v) is 12.9. The minimum absolute atomic E-state index is 0.270. The van der Waals surface area contributed by atoms with Crippen LogP contribution in [0.1, 0.15) is 16.7 Å². The summed E-state index contributed by atoms with van der Waals surface area (Å²) in [5.74, 6) is 0.622. The number of benzene rings is 2. The van der Waals surface area contributed by atoms with Gasteiger partial charge in [0.15, 0.2) is 0 Å². The smallest absolute Gasteiger partial charge is 0.416 e. The van der Waals surface area contributed by atoms with Crippen LogP contribution < -0.4 is 4.74 Å². The molecule has 0 spiro atoms. The van der Waals surface area contributed by atoms with E-state index in [1.54, 1.807) is 24.3 Å². The van der Waals surface area contributed by atoms with E-state index in [0.717, 1.165) is 17.7 Å². The molecule has 0 heterocycles. The highest BCUT2D eigenvalue weighted by atomic mass is 19.4. The fraction of sp³-hybridized carbons (Fsp3) is 0.222. The van der Waals surface area contributed by atoms with E-state index < -0.39 is 11.7 Å². The zero-order chi connectivity index (χ0) is 17.0. The van der Waals surface area contributed by atoms with Crippen LogP contribution >= 0.6 is 0 Å². The zero-order valence-electron chi connectivity index (χ0n) is 12.9. The number of hydrogen-bond donors (Lipinski definition) is 0. The Hall–Kier alpha value is -2.27. The lowest BCUT2D eigenvalue weighted by atomic mass is 9.95. The Morgan fingerprint density at radius 1 is 1.09 bits per heavy atom. The Bertz CT molecular complexity index is 706. The van der Waals surface area contributed by atoms with Crippen molar-refractivity contribution in [3.05, 3.63) is 59.7 Å². The highest BCUT2D eigenvalue weighted by Crippen LogP contribution is 2.35. The number of hydrogen-bond acceptors (Lipinski definition) is 2. The molecule has 0 aliphatic heterocycles. The van der Waals surface area contributed by atoms with Crippen molar-refractivity contribution in [2.24, 2.45) is 0 Å². The highest BCUT2D eigenvalue weighted by molar-refractivity contribution is 5.72. The Kier molecular flexibility index (Phi) is 5.11. The van der Waals surface area contributed by atoms with Gasteiger partial charge >= 0.3 is 6.18 Å². The molecular weight excluding hydrogens is 305 g/mol. The van der Waals surface area contributed by atoms with Crippen molar-refractivity contribution in [1.82, 2.24) is 0 Å². The molecule has 0 amide bonds. The first-order valence-electron chi connectivity index (χ1n) is 6.90. The topological polar surface area (TPSA) is 18.5 Å². The molecule has 0 saturated carbocycles. The second-order valence-electron chi connectivity index (χ2n) is 5.00. The summed E-state index contributed by atoms with van der Waals surface area (Å²) in [5.41, 5.74) is 1.59. The summed E-state index contributed by atoms with van der Waals surface area (Å²) in [4.78, 5) is 0. The van der Waals surface area contributed by atoms with Crippen LogP contribution in [-0.2, 0) is 17.5 Å². The maximum Gasteiger partial charge on any atom is 0.416 e. The van der Waals surface area contributed by atoms with E-state index in [1.165, 1.54) is 20.3 Å². The third-order valence-electron chi connectivity index (χ3n) is 3.44. The maximum atomic E-state index is 13.1. The molecular formula is C18H17F3O2. The summed E-state index contributed by atoms with van der Waals surface area (Å²) in [7, 11) is 3.07. The second-order valence-corrected chi connectivity index (χ2v) is 5.00. The molecule has 23 heavy (non-hydrogen) atoms. The lowest BCUT2D eigenvalue weighted by Crippen LogP contribution is -2.05. The summed E-state index contributed by atoms with van der Waals surface area (Å²) in [6, 6.07) is 9.08. The molecule has 0 atom stereocenters. The van der Waals surface area contributed by atoms with Crippen molar-refractivity contribution in [2.75, 3.05) is 14.2 Å². The standard InChI is InChI=1S/C18H17F3O2/c1-4-12-7-13(9-15(8-12)18(19,20)21)17-6-5-16(23-3)10-14(17)11-22-2/h4-10H,1,11H2,2-3H3. The van der Waals surface area contributed by atoms with Crippen molar-refractivity contribution >= 4 is 6.08 Å². The van der Waals surface area contributed by atoms with Gasteiger partial charge in [-0.1, -0.05) is 18.7 Å². The third kappa shape index (κ3) is 3.93. The van der Waals surface area contributed by atoms with Crippen molar-refractivity contribution < 1.29 is 22.6 Å². The second kappa shape index (κ2) is 6.87. The monoisotopic (exact) mass is 322 g/mol. The molecule has 0 aromatic heterocycles. The van der Waals surface area contributed by atoms with Gasteiger partial charge in [-0.25, -0.2) is 0 Å². The average molecular weight is 322 g/mol. The molecule has 0 saturated heterocycles. The summed E-state index contributed by atoms with van der Waals surface area (Å²) in [6.45, 7) is 3.83. The Morgan fingerprint density at radius 2 is 1.83 bits per heavy atom. The fourth-order valence-corrected chi connectivity index (χ4v) is 2.34. The molecule has 2 rings (SSSR count). The third-order valence-corrected chi connectivity index (χ3v) is 3.44. The summed E-state index contributed by atoms with van der Waals surface area (Å²) in [5, 5.41) is 0. The molecule has 0 aliphatic rings. The predicted octanol–water partition coefficient (Wildman–Crippen LogP) is 5.17. The minimum Gasteiger partial charge on any atom is -0.497 e. The first-order chi connectivity index (χ1) is 10.9. The van der Waals surface area contributed by atoms with Gasteiger partial charge < -0.3 is 9.47 Å². The molecule has 0 radical (unpaired) electrons. The van der Waals surface area contributed by atoms with Crippen LogP contribution in [-0.4, -0.2) is 14.2 Å². The Labute approximate surface area is 133 Å². The van der Waals surface area contributed by atoms with Gasteiger partial charge in [-0.2, -0.15) is 13.2 Å². The van der Waals surface area contributed by atoms with Crippen LogP contribution in [0.15, 0.2) is 43.0 Å². The number of halogens is 3. The molecule has 122 valence electrons. The lowest BCUT2D eigenvalue weighted by Gasteiger charge is -2.14. The van der Waals surface area contributed by atoms with E-state index in [4.69, 9.17) is 9.47 Å². The van der Waals surface area contributed by atoms with Crippen LogP contribution in [0.3, 0.4) is 0 Å². The van der Waals surface area contributed by atoms with Gasteiger partial charge in [0.25, 0.3) is 0 Å². The van der Waals surface area contributed by atoms with Crippen molar-refractivity contribution in [3.63, 3.8) is 0 Å². The Morgan fingerprint density at radius 3 is 2.39 bits per heavy atom. The van der Waals surface area contributed by atoms with Crippen molar-refractivity contribution in [3.8, 4) is 16.9 Å². The average Bonchev–Trinajstić information content (AvgIpc) is 2.53. The van der Waals surface area contributed by atoms with E-state index in [-0.39, 0.29) is 6.61 Å². The van der Waals surface area contributed by atoms with E-state index in [9.17, 15) is 13.2 Å². The minimum atomic E-state index is -4.42. The van der Waals surface area contributed by atoms with Crippen LogP contribution in [0.2, 0.25) is 0 Å². The number of alkyl halides is 3. The van der Waals surface area contributed by atoms with Gasteiger partial charge in [-0.15, -0.1) is 0 Å². The number of rotatable bonds is 5. The molecule has 2 aromatic carbocycles. The van der Waals surface area contributed by atoms with Crippen molar-refractivity contribution in [1.29, 1.82) is 0 Å². The molecule has 0 unspecified atom stereocenters. The molecule has 5 heteroatoms. The van der Waals surface area contributed by atoms with Gasteiger partial charge in [0.1, 0.15) is 5.75 Å². The Balaban J connectivity index is 2.63. The molecule has 0 aliphatic carbocycles. The molecule has 0 bridgehead atoms. The summed E-state index contributed by atoms with van der Waals surface area (Å²) in [6.07, 6.45) is -3.01. The van der Waals surface area contributed by atoms with E-state index >= 15 is 0 Å². The van der Waals surface area contributed by atoms with E-state index in [2.05, 4.69) is 6.58 Å². The summed E-state index contributed by atoms with van der Waals surface area (Å²) >= 11 is 0. The van der Waals surface area contributed by atoms with E-state index in [0.29, 0.717) is 22.4 Å². The van der Waals surface area contributed by atoms with E-state index in [1.807, 2.05) is 0 Å². The number of methoxy groups -OCH3 is 2. The summed E-state index contributed by atoms with van der Waals surface area (Å²) < 4.78 is 49.6. The highest BCUT2D eigenvalue weighted by Gasteiger charge is 2.31. The molecule has 0 N–H and O–H groups in total. The predicted molar refractivity (Wildman–Crippen MR) is 84.2 cm³/mol. The van der Waals surface area contributed by atoms with Gasteiger partial charge in [-0.05, 0) is 52.6 Å². The van der Waals surface area contributed by atoms with Gasteiger partial charge in [0.05, 0.1) is 19.3 Å². The van der Waals surface area contributed by atoms with Gasteiger partial charge in [-0.3, -0.25) is 0 Å². The normalized spacial score (nSPS) is 11.3. The van der Waals surface area contributed by atoms with Gasteiger partial charge in [0, 0.05) is 7.11 Å². The SMILES string of the molecule is C=Cc1cc(-c2ccc(OC)cc2COC)cc(C(F)(F)F)c1. The van der Waals surface area contributed by atoms with Gasteiger partial charge in [0.2, 0.25) is 0 Å². The van der Waals surface area contributed by atoms with Crippen LogP contribution in [0, 0.1) is 0 Å². The van der Waals surface area contributed by atoms with Crippen LogP contribution in [0.5, 0.6) is 5.75 Å². The maximum absolute atomic E-state index is 13.1. The lowest BCUT2D eigenvalue weighted by molar-refractivity contribution is -0.137. The quantitative estimate of drug-likeness (QED) is 0.756. The first-order valence-corrected chi connectivity index (χ1v) is 6.90. The largest absolute Gasteiger partial charge is 0.497 e. The molecule has 2 aromatic rings. The molecule has 0 fully saturated rings. The van der Waals surface area contributed by atoms with Crippen LogP contribution in [0.25, 0.3) is 17.2 Å². The van der Waals surface area contributed by atoms with Crippen LogP contribution in [0.4, 0.5) is 13.2 Å². The number of ether oxygens (including phenoxy) is 2. The van der Waals surface area contributed by atoms with Crippen molar-refractivity contribution in [2.45, 2.75) is 12.8 Å².